The molecule has 0 spiro atoms. The molecule has 0 aliphatic carbocycles. The van der Waals surface area contributed by atoms with E-state index in [0.29, 0.717) is 31.6 Å². The normalized spacial score (nSPS) is 17.8. The first-order valence-electron chi connectivity index (χ1n) is 7.38. The molecule has 1 N–H and O–H groups in total. The first-order chi connectivity index (χ1) is 10.2. The van der Waals surface area contributed by atoms with Crippen LogP contribution in [0.4, 0.5) is 4.39 Å². The van der Waals surface area contributed by atoms with Gasteiger partial charge in [-0.25, -0.2) is 9.37 Å². The van der Waals surface area contributed by atoms with Crippen molar-refractivity contribution in [2.45, 2.75) is 31.4 Å². The summed E-state index contributed by atoms with van der Waals surface area (Å²) in [5.41, 5.74) is 1.62. The van der Waals surface area contributed by atoms with Crippen LogP contribution in [0.1, 0.15) is 24.8 Å². The van der Waals surface area contributed by atoms with Crippen LogP contribution in [0.3, 0.4) is 0 Å². The van der Waals surface area contributed by atoms with Crippen molar-refractivity contribution in [2.75, 3.05) is 20.2 Å². The van der Waals surface area contributed by atoms with Gasteiger partial charge in [0.1, 0.15) is 5.67 Å². The Morgan fingerprint density at radius 2 is 2.10 bits per heavy atom. The van der Waals surface area contributed by atoms with Crippen molar-refractivity contribution in [1.82, 2.24) is 15.3 Å². The number of ether oxygens (including phenoxy) is 1. The van der Waals surface area contributed by atoms with E-state index >= 15 is 0 Å². The lowest BCUT2D eigenvalue weighted by molar-refractivity contribution is 0.105. The predicted molar refractivity (Wildman–Crippen MR) is 80.4 cm³/mol. The van der Waals surface area contributed by atoms with Gasteiger partial charge >= 0.3 is 0 Å². The molecule has 1 fully saturated rings. The third kappa shape index (κ3) is 3.13. The second-order valence-electron chi connectivity index (χ2n) is 5.59. The Morgan fingerprint density at radius 1 is 1.29 bits per heavy atom. The molecular weight excluding hydrogens is 269 g/mol. The maximum atomic E-state index is 14.7. The highest BCUT2D eigenvalue weighted by Crippen LogP contribution is 2.30. The van der Waals surface area contributed by atoms with Crippen LogP contribution < -0.4 is 10.1 Å². The highest BCUT2D eigenvalue weighted by atomic mass is 19.1. The van der Waals surface area contributed by atoms with E-state index in [4.69, 9.17) is 4.74 Å². The topological polar surface area (TPSA) is 47.0 Å². The van der Waals surface area contributed by atoms with Gasteiger partial charge in [-0.1, -0.05) is 0 Å². The number of fused-ring (bicyclic) bond motifs is 1. The van der Waals surface area contributed by atoms with Crippen molar-refractivity contribution in [3.63, 3.8) is 0 Å². The molecule has 3 rings (SSSR count). The minimum absolute atomic E-state index is 0.534. The Kier molecular flexibility index (Phi) is 4.01. The van der Waals surface area contributed by atoms with Gasteiger partial charge in [0.2, 0.25) is 5.88 Å². The summed E-state index contributed by atoms with van der Waals surface area (Å²) in [6, 6.07) is 5.61. The molecule has 0 saturated carbocycles. The van der Waals surface area contributed by atoms with Crippen LogP contribution in [-0.4, -0.2) is 35.8 Å². The second-order valence-corrected chi connectivity index (χ2v) is 5.59. The number of methoxy groups -OCH3 is 1. The smallest absolute Gasteiger partial charge is 0.213 e. The van der Waals surface area contributed by atoms with Gasteiger partial charge in [0.15, 0.2) is 0 Å². The minimum atomic E-state index is -1.06. The molecule has 0 unspecified atom stereocenters. The average molecular weight is 289 g/mol. The fraction of sp³-hybridized carbons (Fsp3) is 0.500. The number of alkyl halides is 1. The van der Waals surface area contributed by atoms with Crippen molar-refractivity contribution < 1.29 is 9.13 Å². The molecule has 0 aromatic carbocycles. The number of aryl methyl sites for hydroxylation is 1. The molecule has 3 heterocycles. The molecule has 112 valence electrons. The van der Waals surface area contributed by atoms with E-state index in [1.165, 1.54) is 0 Å². The standard InChI is InChI=1S/C16H20FN3O/c1-21-14-3-2-13-15(20-14)12(5-9-19-13)4-6-16(17)7-10-18-11-8-16/h2-3,5,9,18H,4,6-8,10-11H2,1H3. The van der Waals surface area contributed by atoms with E-state index < -0.39 is 5.67 Å². The molecule has 0 radical (unpaired) electrons. The van der Waals surface area contributed by atoms with E-state index in [0.717, 1.165) is 29.7 Å². The fourth-order valence-electron chi connectivity index (χ4n) is 2.86. The summed E-state index contributed by atoms with van der Waals surface area (Å²) in [5, 5.41) is 3.20. The van der Waals surface area contributed by atoms with E-state index in [1.54, 1.807) is 19.4 Å². The fourth-order valence-corrected chi connectivity index (χ4v) is 2.86. The highest BCUT2D eigenvalue weighted by Gasteiger charge is 2.31. The molecule has 1 saturated heterocycles. The van der Waals surface area contributed by atoms with E-state index in [9.17, 15) is 4.39 Å². The number of halogens is 1. The summed E-state index contributed by atoms with van der Waals surface area (Å²) in [6.07, 6.45) is 4.15. The molecule has 0 bridgehead atoms. The highest BCUT2D eigenvalue weighted by molar-refractivity contribution is 5.78. The van der Waals surface area contributed by atoms with Crippen molar-refractivity contribution in [2.24, 2.45) is 0 Å². The number of nitrogens with one attached hydrogen (secondary N) is 1. The van der Waals surface area contributed by atoms with E-state index in [-0.39, 0.29) is 0 Å². The minimum Gasteiger partial charge on any atom is -0.481 e. The lowest BCUT2D eigenvalue weighted by Crippen LogP contribution is -2.38. The van der Waals surface area contributed by atoms with Gasteiger partial charge in [0.25, 0.3) is 0 Å². The third-order valence-electron chi connectivity index (χ3n) is 4.19. The predicted octanol–water partition coefficient (Wildman–Crippen LogP) is 2.66. The third-order valence-corrected chi connectivity index (χ3v) is 4.19. The first-order valence-corrected chi connectivity index (χ1v) is 7.38. The van der Waals surface area contributed by atoms with Gasteiger partial charge in [-0.05, 0) is 56.5 Å². The number of rotatable bonds is 4. The quantitative estimate of drug-likeness (QED) is 0.940. The van der Waals surface area contributed by atoms with Crippen LogP contribution in [0.25, 0.3) is 11.0 Å². The summed E-state index contributed by atoms with van der Waals surface area (Å²) >= 11 is 0. The molecule has 2 aromatic heterocycles. The number of nitrogens with zero attached hydrogens (tertiary/aromatic N) is 2. The molecule has 4 nitrogen and oxygen atoms in total. The Hall–Kier alpha value is -1.75. The van der Waals surface area contributed by atoms with E-state index in [1.807, 2.05) is 12.1 Å². The van der Waals surface area contributed by atoms with Crippen LogP contribution >= 0.6 is 0 Å². The Morgan fingerprint density at radius 3 is 2.86 bits per heavy atom. The largest absolute Gasteiger partial charge is 0.481 e. The number of hydrogen-bond donors (Lipinski definition) is 1. The SMILES string of the molecule is COc1ccc2nccc(CCC3(F)CCNCC3)c2n1. The van der Waals surface area contributed by atoms with Crippen molar-refractivity contribution in [1.29, 1.82) is 0 Å². The lowest BCUT2D eigenvalue weighted by Gasteiger charge is -2.30. The number of pyridine rings is 2. The van der Waals surface area contributed by atoms with Crippen LogP contribution in [0.2, 0.25) is 0 Å². The first kappa shape index (κ1) is 14.2. The van der Waals surface area contributed by atoms with Crippen molar-refractivity contribution in [3.05, 3.63) is 30.0 Å². The Balaban J connectivity index is 1.82. The van der Waals surface area contributed by atoms with Gasteiger partial charge < -0.3 is 10.1 Å². The van der Waals surface area contributed by atoms with Gasteiger partial charge in [-0.15, -0.1) is 0 Å². The monoisotopic (exact) mass is 289 g/mol. The molecule has 0 atom stereocenters. The summed E-state index contributed by atoms with van der Waals surface area (Å²) in [6.45, 7) is 1.53. The molecule has 2 aromatic rings. The zero-order valence-corrected chi connectivity index (χ0v) is 12.2. The van der Waals surface area contributed by atoms with Crippen LogP contribution in [0.15, 0.2) is 24.4 Å². The molecule has 21 heavy (non-hydrogen) atoms. The maximum Gasteiger partial charge on any atom is 0.213 e. The zero-order chi connectivity index (χ0) is 14.7. The maximum absolute atomic E-state index is 14.7. The van der Waals surface area contributed by atoms with Crippen molar-refractivity contribution >= 4 is 11.0 Å². The summed E-state index contributed by atoms with van der Waals surface area (Å²) in [7, 11) is 1.59. The molecule has 1 aliphatic rings. The van der Waals surface area contributed by atoms with Crippen LogP contribution in [0.5, 0.6) is 5.88 Å². The zero-order valence-electron chi connectivity index (χ0n) is 12.2. The van der Waals surface area contributed by atoms with Crippen LogP contribution in [0, 0.1) is 0 Å². The molecular formula is C16H20FN3O. The van der Waals surface area contributed by atoms with Crippen molar-refractivity contribution in [3.8, 4) is 5.88 Å². The average Bonchev–Trinajstić information content (AvgIpc) is 2.53. The van der Waals surface area contributed by atoms with Gasteiger partial charge in [-0.3, -0.25) is 4.98 Å². The molecule has 1 aliphatic heterocycles. The Bertz CT molecular complexity index is 626. The second kappa shape index (κ2) is 5.93. The lowest BCUT2D eigenvalue weighted by atomic mass is 9.88. The van der Waals surface area contributed by atoms with Crippen LogP contribution in [-0.2, 0) is 6.42 Å². The summed E-state index contributed by atoms with van der Waals surface area (Å²) < 4.78 is 19.9. The number of aromatic nitrogens is 2. The number of hydrogen-bond acceptors (Lipinski definition) is 4. The van der Waals surface area contributed by atoms with E-state index in [2.05, 4.69) is 15.3 Å². The number of piperidine rings is 1. The van der Waals surface area contributed by atoms with Gasteiger partial charge in [0.05, 0.1) is 18.1 Å². The van der Waals surface area contributed by atoms with Gasteiger partial charge in [-0.2, -0.15) is 0 Å². The summed E-state index contributed by atoms with van der Waals surface area (Å²) in [5.74, 6) is 0.563. The molecule has 5 heteroatoms. The molecule has 0 amide bonds. The Labute approximate surface area is 123 Å². The summed E-state index contributed by atoms with van der Waals surface area (Å²) in [4.78, 5) is 8.77. The van der Waals surface area contributed by atoms with Gasteiger partial charge in [0, 0.05) is 12.3 Å².